The zero-order valence-corrected chi connectivity index (χ0v) is 31.2. The maximum absolute atomic E-state index is 5.13. The van der Waals surface area contributed by atoms with E-state index in [0.717, 1.165) is 62.7 Å². The van der Waals surface area contributed by atoms with Crippen LogP contribution in [0.3, 0.4) is 0 Å². The van der Waals surface area contributed by atoms with Gasteiger partial charge in [-0.25, -0.2) is 15.0 Å². The van der Waals surface area contributed by atoms with Crippen molar-refractivity contribution >= 4 is 33.8 Å². The number of hydrogen-bond acceptors (Lipinski definition) is 4. The Morgan fingerprint density at radius 1 is 0.519 bits per heavy atom. The van der Waals surface area contributed by atoms with Gasteiger partial charge < -0.3 is 0 Å². The molecule has 0 fully saturated rings. The minimum atomic E-state index is 0.625. The van der Waals surface area contributed by atoms with Crippen LogP contribution in [0.25, 0.3) is 90.2 Å². The van der Waals surface area contributed by atoms with E-state index in [1.807, 2.05) is 72.9 Å². The molecule has 262 valence electrons. The van der Waals surface area contributed by atoms with Gasteiger partial charge in [-0.1, -0.05) is 123 Å². The second-order valence-electron chi connectivity index (χ2n) is 13.6. The van der Waals surface area contributed by atoms with Crippen LogP contribution in [0, 0.1) is 6.92 Å². The summed E-state index contributed by atoms with van der Waals surface area (Å²) in [6, 6.07) is 44.5. The molecule has 0 amide bonds. The van der Waals surface area contributed by atoms with Gasteiger partial charge in [0, 0.05) is 28.3 Å². The van der Waals surface area contributed by atoms with Gasteiger partial charge in [-0.05, 0) is 124 Å². The van der Waals surface area contributed by atoms with Gasteiger partial charge in [-0.15, -0.1) is 0 Å². The average Bonchev–Trinajstić information content (AvgIpc) is 3.23. The zero-order valence-electron chi connectivity index (χ0n) is 31.2. The van der Waals surface area contributed by atoms with Crippen LogP contribution in [-0.4, -0.2) is 19.9 Å². The molecular formula is C50H42N4. The van der Waals surface area contributed by atoms with Crippen molar-refractivity contribution in [1.29, 1.82) is 0 Å². The molecule has 0 saturated carbocycles. The van der Waals surface area contributed by atoms with Crippen molar-refractivity contribution < 1.29 is 0 Å². The van der Waals surface area contributed by atoms with Crippen molar-refractivity contribution in [2.45, 2.75) is 40.5 Å². The van der Waals surface area contributed by atoms with Gasteiger partial charge in [0.2, 0.25) is 0 Å². The highest BCUT2D eigenvalue weighted by Crippen LogP contribution is 2.39. The third kappa shape index (κ3) is 6.75. The number of benzene rings is 6. The van der Waals surface area contributed by atoms with Gasteiger partial charge in [-0.3, -0.25) is 4.98 Å². The van der Waals surface area contributed by atoms with Crippen LogP contribution in [-0.2, 0) is 6.42 Å². The largest absolute Gasteiger partial charge is 0.256 e. The van der Waals surface area contributed by atoms with E-state index in [0.29, 0.717) is 17.5 Å². The molecule has 0 N–H and O–H groups in total. The molecule has 0 radical (unpaired) electrons. The molecule has 0 unspecified atom stereocenters. The molecule has 0 spiro atoms. The Morgan fingerprint density at radius 2 is 1.13 bits per heavy atom. The van der Waals surface area contributed by atoms with Crippen molar-refractivity contribution in [3.05, 3.63) is 168 Å². The van der Waals surface area contributed by atoms with Crippen molar-refractivity contribution in [2.24, 2.45) is 0 Å². The van der Waals surface area contributed by atoms with Gasteiger partial charge in [0.25, 0.3) is 0 Å². The third-order valence-corrected chi connectivity index (χ3v) is 10.1. The van der Waals surface area contributed by atoms with Crippen molar-refractivity contribution in [3.8, 4) is 56.4 Å². The molecule has 8 aromatic rings. The van der Waals surface area contributed by atoms with Crippen LogP contribution < -0.4 is 0 Å². The van der Waals surface area contributed by atoms with Crippen LogP contribution in [0.15, 0.2) is 146 Å². The first-order valence-electron chi connectivity index (χ1n) is 18.8. The smallest absolute Gasteiger partial charge is 0.164 e. The van der Waals surface area contributed by atoms with Gasteiger partial charge in [0.05, 0.1) is 5.52 Å². The summed E-state index contributed by atoms with van der Waals surface area (Å²) in [4.78, 5) is 19.8. The fourth-order valence-electron chi connectivity index (χ4n) is 7.46. The molecule has 0 aliphatic rings. The molecule has 0 saturated heterocycles. The van der Waals surface area contributed by atoms with Crippen LogP contribution in [0.2, 0.25) is 0 Å². The predicted molar refractivity (Wildman–Crippen MR) is 228 cm³/mol. The summed E-state index contributed by atoms with van der Waals surface area (Å²) < 4.78 is 0. The van der Waals surface area contributed by atoms with Gasteiger partial charge in [0.1, 0.15) is 0 Å². The van der Waals surface area contributed by atoms with E-state index in [2.05, 4.69) is 118 Å². The Balaban J connectivity index is 1.39. The molecule has 0 aliphatic carbocycles. The van der Waals surface area contributed by atoms with Crippen LogP contribution in [0.4, 0.5) is 0 Å². The number of hydrogen-bond donors (Lipinski definition) is 0. The lowest BCUT2D eigenvalue weighted by Gasteiger charge is -2.18. The first-order chi connectivity index (χ1) is 26.5. The summed E-state index contributed by atoms with van der Waals surface area (Å²) in [5.74, 6) is 1.90. The maximum atomic E-state index is 5.13. The van der Waals surface area contributed by atoms with Crippen LogP contribution in [0.1, 0.15) is 49.4 Å². The average molecular weight is 699 g/mol. The van der Waals surface area contributed by atoms with E-state index >= 15 is 0 Å². The van der Waals surface area contributed by atoms with Crippen molar-refractivity contribution in [1.82, 2.24) is 19.9 Å². The maximum Gasteiger partial charge on any atom is 0.164 e. The molecule has 0 atom stereocenters. The molecule has 8 rings (SSSR count). The fraction of sp³-hybridized carbons (Fsp3) is 0.120. The molecule has 2 heterocycles. The minimum absolute atomic E-state index is 0.625. The lowest BCUT2D eigenvalue weighted by atomic mass is 9.86. The van der Waals surface area contributed by atoms with Gasteiger partial charge >= 0.3 is 0 Å². The minimum Gasteiger partial charge on any atom is -0.256 e. The highest BCUT2D eigenvalue weighted by Gasteiger charge is 2.17. The number of aromatic nitrogens is 4. The second-order valence-corrected chi connectivity index (χ2v) is 13.6. The number of fused-ring (bicyclic) bond motifs is 2. The number of nitrogens with zero attached hydrogens (tertiary/aromatic N) is 4. The Bertz CT molecular complexity index is 2630. The summed E-state index contributed by atoms with van der Waals surface area (Å²) in [6.07, 6.45) is 12.8. The summed E-state index contributed by atoms with van der Waals surface area (Å²) >= 11 is 0. The predicted octanol–water partition coefficient (Wildman–Crippen LogP) is 13.2. The monoisotopic (exact) mass is 698 g/mol. The molecule has 0 bridgehead atoms. The van der Waals surface area contributed by atoms with E-state index in [-0.39, 0.29) is 0 Å². The molecule has 54 heavy (non-hydrogen) atoms. The third-order valence-electron chi connectivity index (χ3n) is 10.1. The van der Waals surface area contributed by atoms with E-state index in [4.69, 9.17) is 15.0 Å². The first-order valence-corrected chi connectivity index (χ1v) is 18.8. The molecule has 6 aromatic carbocycles. The Hall–Kier alpha value is -6.52. The van der Waals surface area contributed by atoms with Crippen molar-refractivity contribution in [3.63, 3.8) is 0 Å². The van der Waals surface area contributed by atoms with Gasteiger partial charge in [-0.2, -0.15) is 0 Å². The van der Waals surface area contributed by atoms with E-state index in [9.17, 15) is 0 Å². The lowest BCUT2D eigenvalue weighted by molar-refractivity contribution is 1.07. The Labute approximate surface area is 317 Å². The van der Waals surface area contributed by atoms with Crippen molar-refractivity contribution in [2.75, 3.05) is 0 Å². The second kappa shape index (κ2) is 15.2. The quantitative estimate of drug-likeness (QED) is 0.151. The van der Waals surface area contributed by atoms with Crippen LogP contribution in [0.5, 0.6) is 0 Å². The van der Waals surface area contributed by atoms with Crippen LogP contribution >= 0.6 is 0 Å². The first kappa shape index (κ1) is 34.6. The standard InChI is InChI=1S/C50H42N4/c1-5-8-22-43-33(4)42(7-3)44(16-6-2)46-32-37(23-25-45(43)46)40-29-39(36-24-26-47-38(28-36)21-15-27-51-47)30-41(31-40)50-53-48(34-17-11-9-12-18-34)52-49(54-50)35-19-13-10-14-20-35/h6,8-32H,5,7H2,1-4H3/b16-6-,22-8-. The summed E-state index contributed by atoms with van der Waals surface area (Å²) in [5.41, 5.74) is 13.5. The number of pyridine rings is 1. The zero-order chi connectivity index (χ0) is 37.0. The SMILES string of the molecule is C/C=C\c1c(CC)c(C)c(/C=C\CC)c2ccc(-c3cc(-c4ccc5ncccc5c4)cc(-c4nc(-c5ccccc5)nc(-c5ccccc5)n4)c3)cc12. The molecule has 4 heteroatoms. The van der Waals surface area contributed by atoms with E-state index in [1.165, 1.54) is 33.0 Å². The lowest BCUT2D eigenvalue weighted by Crippen LogP contribution is -2.00. The fourth-order valence-corrected chi connectivity index (χ4v) is 7.46. The topological polar surface area (TPSA) is 51.6 Å². The summed E-state index contributed by atoms with van der Waals surface area (Å²) in [7, 11) is 0. The molecule has 0 aliphatic heterocycles. The van der Waals surface area contributed by atoms with E-state index < -0.39 is 0 Å². The normalized spacial score (nSPS) is 11.7. The molecule has 2 aromatic heterocycles. The highest BCUT2D eigenvalue weighted by atomic mass is 15.0. The summed E-state index contributed by atoms with van der Waals surface area (Å²) in [6.45, 7) is 8.82. The summed E-state index contributed by atoms with van der Waals surface area (Å²) in [5, 5.41) is 3.62. The Morgan fingerprint density at radius 3 is 1.76 bits per heavy atom. The molecule has 4 nitrogen and oxygen atoms in total. The highest BCUT2D eigenvalue weighted by molar-refractivity contribution is 6.01. The van der Waals surface area contributed by atoms with Gasteiger partial charge in [0.15, 0.2) is 17.5 Å². The van der Waals surface area contributed by atoms with E-state index in [1.54, 1.807) is 0 Å². The molecular weight excluding hydrogens is 657 g/mol. The Kier molecular flexibility index (Phi) is 9.74. The number of rotatable bonds is 9. The number of allylic oxidation sites excluding steroid dienone is 2.